The Morgan fingerprint density at radius 2 is 1.92 bits per heavy atom. The number of amides is 1. The molecule has 2 N–H and O–H groups in total. The Kier molecular flexibility index (Phi) is 6.08. The summed E-state index contributed by atoms with van der Waals surface area (Å²) < 4.78 is 35.0. The van der Waals surface area contributed by atoms with Crippen LogP contribution in [0.2, 0.25) is 0 Å². The number of benzene rings is 1. The van der Waals surface area contributed by atoms with Crippen molar-refractivity contribution in [2.75, 3.05) is 19.7 Å². The van der Waals surface area contributed by atoms with Gasteiger partial charge in [0, 0.05) is 25.6 Å². The molecule has 1 atom stereocenters. The van der Waals surface area contributed by atoms with Crippen LogP contribution in [0.5, 0.6) is 0 Å². The Balaban J connectivity index is 1.88. The SMILES string of the molecule is CC(C)(C)OC(=O)N1CC[C@@H](COS(=O)(=O)c2ccc(CN)cc2)C1. The van der Waals surface area contributed by atoms with Gasteiger partial charge in [0.05, 0.1) is 11.5 Å². The largest absolute Gasteiger partial charge is 0.444 e. The summed E-state index contributed by atoms with van der Waals surface area (Å²) in [7, 11) is -3.81. The number of nitrogens with two attached hydrogens (primary N) is 1. The van der Waals surface area contributed by atoms with Gasteiger partial charge >= 0.3 is 6.09 Å². The Hall–Kier alpha value is -1.64. The van der Waals surface area contributed by atoms with Gasteiger partial charge < -0.3 is 15.4 Å². The van der Waals surface area contributed by atoms with Gasteiger partial charge in [-0.2, -0.15) is 8.42 Å². The topological polar surface area (TPSA) is 98.9 Å². The molecule has 7 nitrogen and oxygen atoms in total. The van der Waals surface area contributed by atoms with Crippen LogP contribution in [0, 0.1) is 5.92 Å². The second-order valence-electron chi connectivity index (χ2n) is 7.17. The molecule has 0 spiro atoms. The third kappa shape index (κ3) is 5.69. The van der Waals surface area contributed by atoms with E-state index in [0.29, 0.717) is 26.1 Å². The molecule has 2 rings (SSSR count). The summed E-state index contributed by atoms with van der Waals surface area (Å²) in [4.78, 5) is 13.7. The molecule has 1 aliphatic heterocycles. The van der Waals surface area contributed by atoms with Gasteiger partial charge in [0.15, 0.2) is 0 Å². The maximum atomic E-state index is 12.2. The third-order valence-electron chi connectivity index (χ3n) is 3.84. The molecule has 0 aromatic heterocycles. The number of ether oxygens (including phenoxy) is 1. The van der Waals surface area contributed by atoms with Crippen LogP contribution in [0.3, 0.4) is 0 Å². The van der Waals surface area contributed by atoms with Gasteiger partial charge in [0.25, 0.3) is 10.1 Å². The van der Waals surface area contributed by atoms with E-state index < -0.39 is 15.7 Å². The average Bonchev–Trinajstić information content (AvgIpc) is 3.01. The molecule has 0 saturated carbocycles. The first kappa shape index (κ1) is 19.7. The fourth-order valence-corrected chi connectivity index (χ4v) is 3.48. The molecule has 8 heteroatoms. The summed E-state index contributed by atoms with van der Waals surface area (Å²) in [5, 5.41) is 0. The predicted octanol–water partition coefficient (Wildman–Crippen LogP) is 2.11. The molecule has 25 heavy (non-hydrogen) atoms. The van der Waals surface area contributed by atoms with Crippen molar-refractivity contribution in [1.82, 2.24) is 4.90 Å². The Morgan fingerprint density at radius 1 is 1.28 bits per heavy atom. The van der Waals surface area contributed by atoms with Crippen molar-refractivity contribution in [2.24, 2.45) is 11.7 Å². The van der Waals surface area contributed by atoms with Crippen LogP contribution in [0.15, 0.2) is 29.2 Å². The van der Waals surface area contributed by atoms with E-state index in [4.69, 9.17) is 14.7 Å². The monoisotopic (exact) mass is 370 g/mol. The number of carbonyl (C=O) groups is 1. The highest BCUT2D eigenvalue weighted by Gasteiger charge is 2.31. The van der Waals surface area contributed by atoms with Gasteiger partial charge in [-0.1, -0.05) is 12.1 Å². The summed E-state index contributed by atoms with van der Waals surface area (Å²) in [5.41, 5.74) is 5.80. The summed E-state index contributed by atoms with van der Waals surface area (Å²) in [6.07, 6.45) is 0.302. The summed E-state index contributed by atoms with van der Waals surface area (Å²) in [6, 6.07) is 6.30. The fraction of sp³-hybridized carbons (Fsp3) is 0.588. The highest BCUT2D eigenvalue weighted by atomic mass is 32.2. The molecule has 1 fully saturated rings. The highest BCUT2D eigenvalue weighted by molar-refractivity contribution is 7.86. The van der Waals surface area contributed by atoms with Gasteiger partial charge in [-0.05, 0) is 44.9 Å². The van der Waals surface area contributed by atoms with Crippen molar-refractivity contribution >= 4 is 16.2 Å². The Labute approximate surface area is 149 Å². The van der Waals surface area contributed by atoms with E-state index in [9.17, 15) is 13.2 Å². The van der Waals surface area contributed by atoms with E-state index >= 15 is 0 Å². The van der Waals surface area contributed by atoms with Crippen molar-refractivity contribution in [1.29, 1.82) is 0 Å². The molecule has 1 aromatic rings. The number of hydrogen-bond acceptors (Lipinski definition) is 6. The normalized spacial score (nSPS) is 18.4. The standard InChI is InChI=1S/C17H26N2O5S/c1-17(2,3)24-16(20)19-9-8-14(11-19)12-23-25(21,22)15-6-4-13(10-18)5-7-15/h4-7,14H,8-12,18H2,1-3H3/t14-/m1/s1. The van der Waals surface area contributed by atoms with E-state index in [0.717, 1.165) is 5.56 Å². The molecule has 1 aromatic carbocycles. The van der Waals surface area contributed by atoms with Crippen LogP contribution in [-0.2, 0) is 25.6 Å². The molecule has 0 aliphatic carbocycles. The van der Waals surface area contributed by atoms with Crippen LogP contribution in [-0.4, -0.2) is 44.7 Å². The number of nitrogens with zero attached hydrogens (tertiary/aromatic N) is 1. The second-order valence-corrected chi connectivity index (χ2v) is 8.78. The van der Waals surface area contributed by atoms with E-state index in [1.807, 2.05) is 20.8 Å². The molecule has 1 amide bonds. The molecular weight excluding hydrogens is 344 g/mol. The number of hydrogen-bond donors (Lipinski definition) is 1. The summed E-state index contributed by atoms with van der Waals surface area (Å²) >= 11 is 0. The quantitative estimate of drug-likeness (QED) is 0.797. The molecule has 0 unspecified atom stereocenters. The maximum absolute atomic E-state index is 12.2. The Bertz CT molecular complexity index is 695. The summed E-state index contributed by atoms with van der Waals surface area (Å²) in [5.74, 6) is -0.0365. The van der Waals surface area contributed by atoms with Crippen molar-refractivity contribution in [3.05, 3.63) is 29.8 Å². The predicted molar refractivity (Wildman–Crippen MR) is 93.4 cm³/mol. The van der Waals surface area contributed by atoms with Crippen LogP contribution in [0.1, 0.15) is 32.8 Å². The van der Waals surface area contributed by atoms with Gasteiger partial charge in [-0.25, -0.2) is 4.79 Å². The first-order valence-electron chi connectivity index (χ1n) is 8.27. The fourth-order valence-electron chi connectivity index (χ4n) is 2.51. The zero-order valence-corrected chi connectivity index (χ0v) is 15.7. The number of carbonyl (C=O) groups excluding carboxylic acids is 1. The number of likely N-dealkylation sites (tertiary alicyclic amines) is 1. The lowest BCUT2D eigenvalue weighted by atomic mass is 10.1. The minimum Gasteiger partial charge on any atom is -0.444 e. The van der Waals surface area contributed by atoms with E-state index in [2.05, 4.69) is 0 Å². The van der Waals surface area contributed by atoms with Gasteiger partial charge in [-0.15, -0.1) is 0 Å². The smallest absolute Gasteiger partial charge is 0.410 e. The van der Waals surface area contributed by atoms with E-state index in [1.54, 1.807) is 17.0 Å². The lowest BCUT2D eigenvalue weighted by molar-refractivity contribution is 0.0285. The van der Waals surface area contributed by atoms with Crippen LogP contribution in [0.25, 0.3) is 0 Å². The van der Waals surface area contributed by atoms with Gasteiger partial charge in [0.1, 0.15) is 5.60 Å². The van der Waals surface area contributed by atoms with Crippen molar-refractivity contribution in [3.8, 4) is 0 Å². The first-order chi connectivity index (χ1) is 11.6. The van der Waals surface area contributed by atoms with Crippen LogP contribution < -0.4 is 5.73 Å². The lowest BCUT2D eigenvalue weighted by Crippen LogP contribution is -2.35. The van der Waals surface area contributed by atoms with Crippen molar-refractivity contribution in [3.63, 3.8) is 0 Å². The number of rotatable bonds is 5. The van der Waals surface area contributed by atoms with E-state index in [1.165, 1.54) is 12.1 Å². The maximum Gasteiger partial charge on any atom is 0.410 e. The molecular formula is C17H26N2O5S. The minimum absolute atomic E-state index is 0.0365. The van der Waals surface area contributed by atoms with E-state index in [-0.39, 0.29) is 23.5 Å². The molecule has 1 aliphatic rings. The molecule has 1 saturated heterocycles. The van der Waals surface area contributed by atoms with Crippen molar-refractivity contribution in [2.45, 2.75) is 44.2 Å². The average molecular weight is 370 g/mol. The zero-order chi connectivity index (χ0) is 18.7. The van der Waals surface area contributed by atoms with Gasteiger partial charge in [0.2, 0.25) is 0 Å². The Morgan fingerprint density at radius 3 is 2.48 bits per heavy atom. The molecule has 1 heterocycles. The zero-order valence-electron chi connectivity index (χ0n) is 14.9. The molecule has 0 radical (unpaired) electrons. The lowest BCUT2D eigenvalue weighted by Gasteiger charge is -2.24. The second kappa shape index (κ2) is 7.72. The van der Waals surface area contributed by atoms with Crippen LogP contribution >= 0.6 is 0 Å². The van der Waals surface area contributed by atoms with Gasteiger partial charge in [-0.3, -0.25) is 4.18 Å². The molecule has 0 bridgehead atoms. The molecule has 140 valence electrons. The highest BCUT2D eigenvalue weighted by Crippen LogP contribution is 2.22. The third-order valence-corrected chi connectivity index (χ3v) is 5.14. The van der Waals surface area contributed by atoms with Crippen LogP contribution in [0.4, 0.5) is 4.79 Å². The first-order valence-corrected chi connectivity index (χ1v) is 9.68. The minimum atomic E-state index is -3.81. The van der Waals surface area contributed by atoms with Crippen molar-refractivity contribution < 1.29 is 22.1 Å². The summed E-state index contributed by atoms with van der Waals surface area (Å²) in [6.45, 7) is 6.78.